The van der Waals surface area contributed by atoms with E-state index < -0.39 is 0 Å². The Labute approximate surface area is 123 Å². The molecule has 0 unspecified atom stereocenters. The predicted molar refractivity (Wildman–Crippen MR) is 83.1 cm³/mol. The largest absolute Gasteiger partial charge is 0.493 e. The van der Waals surface area contributed by atoms with E-state index in [0.717, 1.165) is 5.56 Å². The molecule has 0 atom stereocenters. The monoisotopic (exact) mass is 286 g/mol. The van der Waals surface area contributed by atoms with Gasteiger partial charge in [0.2, 0.25) is 0 Å². The van der Waals surface area contributed by atoms with Crippen LogP contribution < -0.4 is 20.5 Å². The molecule has 0 aliphatic rings. The van der Waals surface area contributed by atoms with Crippen molar-refractivity contribution in [3.63, 3.8) is 0 Å². The Balaban J connectivity index is 2.25. The zero-order valence-electron chi connectivity index (χ0n) is 12.3. The minimum atomic E-state index is -0.216. The topological polar surface area (TPSA) is 73.6 Å². The Hall–Kier alpha value is -2.69. The van der Waals surface area contributed by atoms with Gasteiger partial charge in [-0.3, -0.25) is 4.79 Å². The molecule has 2 rings (SSSR count). The first-order valence-electron chi connectivity index (χ1n) is 6.45. The number of methoxy groups -OCH3 is 2. The summed E-state index contributed by atoms with van der Waals surface area (Å²) in [7, 11) is 3.11. The molecular weight excluding hydrogens is 268 g/mol. The van der Waals surface area contributed by atoms with Crippen LogP contribution in [-0.4, -0.2) is 20.1 Å². The zero-order chi connectivity index (χ0) is 15.4. The minimum Gasteiger partial charge on any atom is -0.493 e. The number of rotatable bonds is 4. The maximum Gasteiger partial charge on any atom is 0.256 e. The van der Waals surface area contributed by atoms with Crippen molar-refractivity contribution in [1.82, 2.24) is 0 Å². The minimum absolute atomic E-state index is 0.216. The fourth-order valence-electron chi connectivity index (χ4n) is 2.01. The summed E-state index contributed by atoms with van der Waals surface area (Å²) in [6.45, 7) is 1.82. The van der Waals surface area contributed by atoms with Crippen molar-refractivity contribution in [3.8, 4) is 11.5 Å². The van der Waals surface area contributed by atoms with Gasteiger partial charge in [-0.2, -0.15) is 0 Å². The average molecular weight is 286 g/mol. The van der Waals surface area contributed by atoms with E-state index in [-0.39, 0.29) is 5.91 Å². The molecule has 0 saturated carbocycles. The number of ether oxygens (including phenoxy) is 2. The summed E-state index contributed by atoms with van der Waals surface area (Å²) in [5.74, 6) is 0.947. The molecule has 0 spiro atoms. The number of nitrogens with one attached hydrogen (secondary N) is 1. The number of anilines is 2. The third-order valence-electron chi connectivity index (χ3n) is 3.26. The van der Waals surface area contributed by atoms with E-state index in [1.54, 1.807) is 50.6 Å². The van der Waals surface area contributed by atoms with Gasteiger partial charge in [0.15, 0.2) is 11.5 Å². The van der Waals surface area contributed by atoms with E-state index in [1.807, 2.05) is 6.92 Å². The van der Waals surface area contributed by atoms with Crippen LogP contribution in [0, 0.1) is 6.92 Å². The highest BCUT2D eigenvalue weighted by atomic mass is 16.5. The first-order chi connectivity index (χ1) is 10.1. The van der Waals surface area contributed by atoms with E-state index in [0.29, 0.717) is 28.4 Å². The van der Waals surface area contributed by atoms with Crippen LogP contribution in [0.4, 0.5) is 11.4 Å². The number of nitrogen functional groups attached to an aromatic ring is 1. The first kappa shape index (κ1) is 14.7. The summed E-state index contributed by atoms with van der Waals surface area (Å²) in [5.41, 5.74) is 8.34. The maximum absolute atomic E-state index is 12.3. The normalized spacial score (nSPS) is 10.0. The Morgan fingerprint density at radius 2 is 1.81 bits per heavy atom. The molecule has 0 radical (unpaired) electrons. The van der Waals surface area contributed by atoms with Crippen LogP contribution in [0.1, 0.15) is 15.9 Å². The lowest BCUT2D eigenvalue weighted by Crippen LogP contribution is -2.14. The lowest BCUT2D eigenvalue weighted by Gasteiger charge is -2.12. The molecule has 1 amide bonds. The van der Waals surface area contributed by atoms with Gasteiger partial charge in [-0.1, -0.05) is 6.07 Å². The predicted octanol–water partition coefficient (Wildman–Crippen LogP) is 2.85. The second-order valence-corrected chi connectivity index (χ2v) is 4.54. The molecule has 3 N–H and O–H groups in total. The molecule has 0 aromatic heterocycles. The van der Waals surface area contributed by atoms with Crippen molar-refractivity contribution in [1.29, 1.82) is 0 Å². The summed E-state index contributed by atoms with van der Waals surface area (Å²) in [6.07, 6.45) is 0. The zero-order valence-corrected chi connectivity index (χ0v) is 12.3. The third-order valence-corrected chi connectivity index (χ3v) is 3.26. The van der Waals surface area contributed by atoms with Crippen molar-refractivity contribution in [3.05, 3.63) is 47.5 Å². The van der Waals surface area contributed by atoms with Gasteiger partial charge in [-0.05, 0) is 36.8 Å². The molecular formula is C16H18N2O3. The molecule has 0 aliphatic carbocycles. The quantitative estimate of drug-likeness (QED) is 0.848. The van der Waals surface area contributed by atoms with E-state index in [4.69, 9.17) is 15.2 Å². The number of nitrogens with two attached hydrogens (primary N) is 1. The van der Waals surface area contributed by atoms with Gasteiger partial charge in [-0.25, -0.2) is 0 Å². The second kappa shape index (κ2) is 6.17. The summed E-state index contributed by atoms with van der Waals surface area (Å²) in [4.78, 5) is 12.3. The van der Waals surface area contributed by atoms with Gasteiger partial charge >= 0.3 is 0 Å². The molecule has 0 bridgehead atoms. The van der Waals surface area contributed by atoms with Crippen molar-refractivity contribution in [2.24, 2.45) is 0 Å². The number of benzene rings is 2. The summed E-state index contributed by atoms with van der Waals surface area (Å²) >= 11 is 0. The molecule has 0 aliphatic heterocycles. The van der Waals surface area contributed by atoms with E-state index in [1.165, 1.54) is 0 Å². The molecule has 5 nitrogen and oxygen atoms in total. The highest BCUT2D eigenvalue weighted by Gasteiger charge is 2.12. The van der Waals surface area contributed by atoms with Crippen LogP contribution >= 0.6 is 0 Å². The Bertz CT molecular complexity index is 669. The number of hydrogen-bond acceptors (Lipinski definition) is 4. The van der Waals surface area contributed by atoms with Gasteiger partial charge in [0, 0.05) is 23.0 Å². The maximum atomic E-state index is 12.3. The highest BCUT2D eigenvalue weighted by Crippen LogP contribution is 2.30. The van der Waals surface area contributed by atoms with E-state index in [2.05, 4.69) is 5.32 Å². The molecule has 0 fully saturated rings. The van der Waals surface area contributed by atoms with Gasteiger partial charge < -0.3 is 20.5 Å². The molecule has 0 heterocycles. The summed E-state index contributed by atoms with van der Waals surface area (Å²) in [5, 5.41) is 2.82. The number of carbonyl (C=O) groups excluding carboxylic acids is 1. The Morgan fingerprint density at radius 3 is 2.48 bits per heavy atom. The molecule has 0 saturated heterocycles. The molecule has 2 aromatic carbocycles. The van der Waals surface area contributed by atoms with Crippen molar-refractivity contribution in [2.45, 2.75) is 6.92 Å². The van der Waals surface area contributed by atoms with Crippen LogP contribution in [0.3, 0.4) is 0 Å². The van der Waals surface area contributed by atoms with Gasteiger partial charge in [0.05, 0.1) is 14.2 Å². The van der Waals surface area contributed by atoms with Crippen molar-refractivity contribution < 1.29 is 14.3 Å². The SMILES string of the molecule is COc1ccc(NC(=O)c2cccc(N)c2C)cc1OC. The molecule has 5 heteroatoms. The lowest BCUT2D eigenvalue weighted by molar-refractivity contribution is 0.102. The van der Waals surface area contributed by atoms with Crippen LogP contribution in [0.2, 0.25) is 0 Å². The van der Waals surface area contributed by atoms with Gasteiger partial charge in [0.25, 0.3) is 5.91 Å². The van der Waals surface area contributed by atoms with Crippen LogP contribution in [0.15, 0.2) is 36.4 Å². The number of carbonyl (C=O) groups is 1. The second-order valence-electron chi connectivity index (χ2n) is 4.54. The van der Waals surface area contributed by atoms with Crippen molar-refractivity contribution >= 4 is 17.3 Å². The summed E-state index contributed by atoms with van der Waals surface area (Å²) in [6, 6.07) is 10.5. The number of hydrogen-bond donors (Lipinski definition) is 2. The average Bonchev–Trinajstić information content (AvgIpc) is 2.49. The lowest BCUT2D eigenvalue weighted by atomic mass is 10.1. The van der Waals surface area contributed by atoms with Crippen molar-refractivity contribution in [2.75, 3.05) is 25.3 Å². The molecule has 21 heavy (non-hydrogen) atoms. The van der Waals surface area contributed by atoms with Crippen LogP contribution in [0.5, 0.6) is 11.5 Å². The van der Waals surface area contributed by atoms with Gasteiger partial charge in [-0.15, -0.1) is 0 Å². The smallest absolute Gasteiger partial charge is 0.256 e. The molecule has 110 valence electrons. The van der Waals surface area contributed by atoms with Crippen LogP contribution in [-0.2, 0) is 0 Å². The van der Waals surface area contributed by atoms with E-state index >= 15 is 0 Å². The Morgan fingerprint density at radius 1 is 1.10 bits per heavy atom. The summed E-state index contributed by atoms with van der Waals surface area (Å²) < 4.78 is 10.4. The Kier molecular flexibility index (Phi) is 4.33. The number of amides is 1. The highest BCUT2D eigenvalue weighted by molar-refractivity contribution is 6.06. The fourth-order valence-corrected chi connectivity index (χ4v) is 2.01. The van der Waals surface area contributed by atoms with Crippen LogP contribution in [0.25, 0.3) is 0 Å². The standard InChI is InChI=1S/C16H18N2O3/c1-10-12(5-4-6-13(10)17)16(19)18-11-7-8-14(20-2)15(9-11)21-3/h4-9H,17H2,1-3H3,(H,18,19). The van der Waals surface area contributed by atoms with E-state index in [9.17, 15) is 4.79 Å². The first-order valence-corrected chi connectivity index (χ1v) is 6.45. The molecule has 2 aromatic rings. The third kappa shape index (κ3) is 3.08. The fraction of sp³-hybridized carbons (Fsp3) is 0.188. The van der Waals surface area contributed by atoms with Gasteiger partial charge in [0.1, 0.15) is 0 Å².